The van der Waals surface area contributed by atoms with Crippen LogP contribution in [0.1, 0.15) is 25.3 Å². The van der Waals surface area contributed by atoms with Crippen LogP contribution in [0.5, 0.6) is 0 Å². The predicted octanol–water partition coefficient (Wildman–Crippen LogP) is 4.72. The molecular weight excluding hydrogens is 356 g/mol. The highest BCUT2D eigenvalue weighted by Gasteiger charge is 2.27. The maximum Gasteiger partial charge on any atom is 0.250 e. The van der Waals surface area contributed by atoms with E-state index in [2.05, 4.69) is 35.2 Å². The van der Waals surface area contributed by atoms with Gasteiger partial charge in [-0.05, 0) is 50.0 Å². The van der Waals surface area contributed by atoms with Crippen LogP contribution < -0.4 is 4.90 Å². The normalized spacial score (nSPS) is 15.4. The van der Waals surface area contributed by atoms with Crippen molar-refractivity contribution in [1.29, 1.82) is 0 Å². The Kier molecular flexibility index (Phi) is 8.56. The molecule has 1 aliphatic rings. The van der Waals surface area contributed by atoms with Crippen LogP contribution in [0.4, 0.5) is 5.69 Å². The number of hydrogen-bond donors (Lipinski definition) is 0. The molecule has 1 amide bonds. The molecule has 1 saturated heterocycles. The third-order valence-electron chi connectivity index (χ3n) is 5.06. The Morgan fingerprint density at radius 3 is 2.22 bits per heavy atom. The van der Waals surface area contributed by atoms with Crippen molar-refractivity contribution in [3.63, 3.8) is 0 Å². The van der Waals surface area contributed by atoms with Crippen LogP contribution in [0.25, 0.3) is 0 Å². The number of benzene rings is 2. The zero-order chi connectivity index (χ0) is 18.2. The lowest BCUT2D eigenvalue weighted by atomic mass is 10.0. The smallest absolute Gasteiger partial charge is 0.250 e. The van der Waals surface area contributed by atoms with E-state index in [1.165, 1.54) is 5.56 Å². The first kappa shape index (κ1) is 21.2. The maximum atomic E-state index is 12.7. The molecule has 0 bridgehead atoms. The van der Waals surface area contributed by atoms with Crippen molar-refractivity contribution in [3.05, 3.63) is 78.4 Å². The maximum absolute atomic E-state index is 12.7. The van der Waals surface area contributed by atoms with Gasteiger partial charge in [0, 0.05) is 31.4 Å². The summed E-state index contributed by atoms with van der Waals surface area (Å²) in [6.07, 6.45) is 6.63. The van der Waals surface area contributed by atoms with Gasteiger partial charge in [-0.15, -0.1) is 12.4 Å². The van der Waals surface area contributed by atoms with Gasteiger partial charge < -0.3 is 9.80 Å². The first-order valence-electron chi connectivity index (χ1n) is 9.55. The first-order chi connectivity index (χ1) is 12.8. The highest BCUT2D eigenvalue weighted by Crippen LogP contribution is 2.24. The van der Waals surface area contributed by atoms with E-state index in [4.69, 9.17) is 0 Å². The number of allylic oxidation sites excluding steroid dienone is 1. The van der Waals surface area contributed by atoms with E-state index in [1.54, 1.807) is 6.08 Å². The fraction of sp³-hybridized carbons (Fsp3) is 0.348. The lowest BCUT2D eigenvalue weighted by Crippen LogP contribution is -2.47. The molecule has 1 heterocycles. The Balaban J connectivity index is 0.00000261. The van der Waals surface area contributed by atoms with E-state index < -0.39 is 0 Å². The minimum absolute atomic E-state index is 0. The molecule has 27 heavy (non-hydrogen) atoms. The molecule has 0 N–H and O–H groups in total. The van der Waals surface area contributed by atoms with Gasteiger partial charge in [0.05, 0.1) is 0 Å². The van der Waals surface area contributed by atoms with Gasteiger partial charge in [-0.25, -0.2) is 0 Å². The molecule has 0 spiro atoms. The number of amides is 1. The van der Waals surface area contributed by atoms with Crippen molar-refractivity contribution in [2.75, 3.05) is 24.5 Å². The van der Waals surface area contributed by atoms with Gasteiger partial charge in [-0.2, -0.15) is 0 Å². The summed E-state index contributed by atoms with van der Waals surface area (Å²) >= 11 is 0. The van der Waals surface area contributed by atoms with E-state index in [0.29, 0.717) is 0 Å². The summed E-state index contributed by atoms with van der Waals surface area (Å²) in [5.41, 5.74) is 2.39. The molecule has 144 valence electrons. The number of carbonyl (C=O) groups excluding carboxylic acids is 1. The Labute approximate surface area is 169 Å². The van der Waals surface area contributed by atoms with E-state index in [1.807, 2.05) is 48.2 Å². The van der Waals surface area contributed by atoms with Crippen LogP contribution in [0, 0.1) is 0 Å². The Hall–Kier alpha value is -2.10. The van der Waals surface area contributed by atoms with Gasteiger partial charge >= 0.3 is 0 Å². The lowest BCUT2D eigenvalue weighted by Gasteiger charge is -2.38. The fourth-order valence-corrected chi connectivity index (χ4v) is 3.66. The quantitative estimate of drug-likeness (QED) is 0.672. The third-order valence-corrected chi connectivity index (χ3v) is 5.06. The van der Waals surface area contributed by atoms with Crippen LogP contribution >= 0.6 is 12.4 Å². The minimum Gasteiger partial charge on any atom is -0.306 e. The highest BCUT2D eigenvalue weighted by atomic mass is 35.5. The molecule has 0 unspecified atom stereocenters. The van der Waals surface area contributed by atoms with Crippen LogP contribution in [-0.4, -0.2) is 36.5 Å². The molecule has 0 saturated carbocycles. The van der Waals surface area contributed by atoms with Crippen molar-refractivity contribution in [3.8, 4) is 0 Å². The second-order valence-corrected chi connectivity index (χ2v) is 6.85. The number of hydrogen-bond acceptors (Lipinski definition) is 2. The summed E-state index contributed by atoms with van der Waals surface area (Å²) in [6, 6.07) is 21.0. The highest BCUT2D eigenvalue weighted by molar-refractivity contribution is 6.01. The average molecular weight is 385 g/mol. The van der Waals surface area contributed by atoms with Gasteiger partial charge in [-0.3, -0.25) is 4.79 Å². The summed E-state index contributed by atoms with van der Waals surface area (Å²) in [5, 5.41) is 0. The van der Waals surface area contributed by atoms with E-state index in [9.17, 15) is 4.79 Å². The van der Waals surface area contributed by atoms with E-state index in [-0.39, 0.29) is 24.4 Å². The number of para-hydroxylation sites is 1. The van der Waals surface area contributed by atoms with Crippen molar-refractivity contribution in [2.24, 2.45) is 0 Å². The van der Waals surface area contributed by atoms with E-state index >= 15 is 0 Å². The molecule has 2 aromatic carbocycles. The van der Waals surface area contributed by atoms with Gasteiger partial charge in [0.1, 0.15) is 0 Å². The molecule has 0 aromatic heterocycles. The standard InChI is InChI=1S/C23H28N2O.ClH/c1-2-9-23(26)25(21-12-7-4-8-13-21)22-15-18-24(19-16-22)17-14-20-10-5-3-6-11-20;/h2-13,22H,14-19H2,1H3;1H/b9-2-;. The topological polar surface area (TPSA) is 23.6 Å². The number of carbonyl (C=O) groups is 1. The molecule has 3 nitrogen and oxygen atoms in total. The molecule has 4 heteroatoms. The number of piperidine rings is 1. The third kappa shape index (κ3) is 5.95. The molecule has 0 aliphatic carbocycles. The first-order valence-corrected chi connectivity index (χ1v) is 9.55. The number of rotatable bonds is 6. The molecule has 1 aliphatic heterocycles. The van der Waals surface area contributed by atoms with Crippen LogP contribution in [0.15, 0.2) is 72.8 Å². The zero-order valence-corrected chi connectivity index (χ0v) is 16.8. The largest absolute Gasteiger partial charge is 0.306 e. The second kappa shape index (κ2) is 10.9. The Morgan fingerprint density at radius 1 is 1.04 bits per heavy atom. The monoisotopic (exact) mass is 384 g/mol. The van der Waals surface area contributed by atoms with Crippen molar-refractivity contribution in [2.45, 2.75) is 32.2 Å². The number of nitrogens with zero attached hydrogens (tertiary/aromatic N) is 2. The van der Waals surface area contributed by atoms with Crippen molar-refractivity contribution < 1.29 is 4.79 Å². The van der Waals surface area contributed by atoms with Gasteiger partial charge in [0.2, 0.25) is 0 Å². The fourth-order valence-electron chi connectivity index (χ4n) is 3.66. The zero-order valence-electron chi connectivity index (χ0n) is 16.0. The molecule has 1 fully saturated rings. The van der Waals surface area contributed by atoms with Gasteiger partial charge in [-0.1, -0.05) is 54.6 Å². The summed E-state index contributed by atoms with van der Waals surface area (Å²) in [6.45, 7) is 5.08. The molecule has 3 rings (SSSR count). The van der Waals surface area contributed by atoms with Gasteiger partial charge in [0.25, 0.3) is 5.91 Å². The number of anilines is 1. The minimum atomic E-state index is 0. The summed E-state index contributed by atoms with van der Waals surface area (Å²) in [4.78, 5) is 17.2. The summed E-state index contributed by atoms with van der Waals surface area (Å²) in [5.74, 6) is 0.0847. The molecule has 0 radical (unpaired) electrons. The Morgan fingerprint density at radius 2 is 1.63 bits per heavy atom. The van der Waals surface area contributed by atoms with Gasteiger partial charge in [0.15, 0.2) is 0 Å². The van der Waals surface area contributed by atoms with Crippen molar-refractivity contribution in [1.82, 2.24) is 4.90 Å². The predicted molar refractivity (Wildman–Crippen MR) is 116 cm³/mol. The summed E-state index contributed by atoms with van der Waals surface area (Å²) < 4.78 is 0. The number of halogens is 1. The SMILES string of the molecule is C/C=C\C(=O)N(c1ccccc1)C1CCN(CCc2ccccc2)CC1.Cl. The lowest BCUT2D eigenvalue weighted by molar-refractivity contribution is -0.114. The van der Waals surface area contributed by atoms with Crippen LogP contribution in [0.3, 0.4) is 0 Å². The molecule has 2 aromatic rings. The van der Waals surface area contributed by atoms with Crippen molar-refractivity contribution >= 4 is 24.0 Å². The van der Waals surface area contributed by atoms with Crippen LogP contribution in [-0.2, 0) is 11.2 Å². The molecular formula is C23H29ClN2O. The number of likely N-dealkylation sites (tertiary alicyclic amines) is 1. The van der Waals surface area contributed by atoms with E-state index in [0.717, 1.165) is 44.6 Å². The average Bonchev–Trinajstić information content (AvgIpc) is 2.69. The molecule has 0 atom stereocenters. The summed E-state index contributed by atoms with van der Waals surface area (Å²) in [7, 11) is 0. The van der Waals surface area contributed by atoms with Crippen LogP contribution in [0.2, 0.25) is 0 Å². The second-order valence-electron chi connectivity index (χ2n) is 6.85. The Bertz CT molecular complexity index is 710.